The normalized spacial score (nSPS) is 13.5. The van der Waals surface area contributed by atoms with Crippen LogP contribution in [0.2, 0.25) is 0 Å². The van der Waals surface area contributed by atoms with Crippen LogP contribution in [0.3, 0.4) is 0 Å². The minimum Gasteiger partial charge on any atom is -0.462 e. The summed E-state index contributed by atoms with van der Waals surface area (Å²) in [5.41, 5.74) is 5.41. The lowest BCUT2D eigenvalue weighted by Gasteiger charge is -2.19. The third-order valence-corrected chi connectivity index (χ3v) is 16.4. The van der Waals surface area contributed by atoms with Crippen molar-refractivity contribution in [2.24, 2.45) is 5.73 Å². The Bertz CT molecular complexity index is 1720. The lowest BCUT2D eigenvalue weighted by Crippen LogP contribution is -2.29. The van der Waals surface area contributed by atoms with Crippen molar-refractivity contribution in [2.75, 3.05) is 26.4 Å². The molecule has 0 spiro atoms. The Labute approximate surface area is 525 Å². The van der Waals surface area contributed by atoms with Gasteiger partial charge < -0.3 is 20.1 Å². The standard InChI is InChI=1S/C75H134NO8P/c1-3-5-7-9-11-13-15-17-19-21-23-25-27-29-31-33-35-36-38-40-42-44-46-48-50-52-54-56-58-60-62-64-66-68-75(78)84-73(72-83-85(79,80)82-70-69-76)71-81-74(77)67-65-63-61-59-57-55-53-51-49-47-45-43-41-39-37-34-32-30-28-26-24-22-20-18-16-14-12-10-8-6-4-2/h5,7,11,13,16-19,22-25,29,31,35-36,73H,3-4,6,8-10,12,14-15,20-21,26-28,30,32-34,37-72,76H2,1-2H3,(H,79,80)/b7-5-,13-11-,18-16-,19-17-,24-22-,25-23-,31-29-,36-35-. The van der Waals surface area contributed by atoms with Crippen LogP contribution in [0.15, 0.2) is 97.2 Å². The molecule has 0 saturated carbocycles. The summed E-state index contributed by atoms with van der Waals surface area (Å²) in [5.74, 6) is -0.817. The Balaban J connectivity index is 3.86. The van der Waals surface area contributed by atoms with Gasteiger partial charge in [-0.25, -0.2) is 4.57 Å². The van der Waals surface area contributed by atoms with E-state index in [-0.39, 0.29) is 38.6 Å². The summed E-state index contributed by atoms with van der Waals surface area (Å²) in [6.07, 6.45) is 95.0. The molecule has 0 aliphatic rings. The summed E-state index contributed by atoms with van der Waals surface area (Å²) >= 11 is 0. The zero-order valence-electron chi connectivity index (χ0n) is 55.3. The molecule has 3 N–H and O–H groups in total. The zero-order chi connectivity index (χ0) is 61.6. The minimum atomic E-state index is -4.40. The van der Waals surface area contributed by atoms with Gasteiger partial charge in [0.1, 0.15) is 6.61 Å². The second kappa shape index (κ2) is 70.0. The topological polar surface area (TPSA) is 134 Å². The fourth-order valence-corrected chi connectivity index (χ4v) is 11.0. The van der Waals surface area contributed by atoms with E-state index in [1.165, 1.54) is 218 Å². The zero-order valence-corrected chi connectivity index (χ0v) is 56.2. The molecule has 0 fully saturated rings. The fraction of sp³-hybridized carbons (Fsp3) is 0.760. The van der Waals surface area contributed by atoms with Gasteiger partial charge in [0, 0.05) is 19.4 Å². The van der Waals surface area contributed by atoms with E-state index >= 15 is 0 Å². The number of allylic oxidation sites excluding steroid dienone is 16. The molecule has 0 bridgehead atoms. The van der Waals surface area contributed by atoms with Crippen molar-refractivity contribution in [1.29, 1.82) is 0 Å². The van der Waals surface area contributed by atoms with E-state index in [1.807, 2.05) is 0 Å². The summed E-state index contributed by atoms with van der Waals surface area (Å²) in [4.78, 5) is 35.4. The molecule has 0 aliphatic carbocycles. The van der Waals surface area contributed by atoms with Crippen LogP contribution in [0.1, 0.15) is 335 Å². The van der Waals surface area contributed by atoms with Gasteiger partial charge in [-0.3, -0.25) is 18.6 Å². The number of carbonyl (C=O) groups is 2. The van der Waals surface area contributed by atoms with E-state index in [9.17, 15) is 19.0 Å². The molecule has 0 radical (unpaired) electrons. The number of unbranched alkanes of at least 4 members (excludes halogenated alkanes) is 38. The minimum absolute atomic E-state index is 0.0516. The number of esters is 2. The molecule has 0 aromatic heterocycles. The molecule has 2 unspecified atom stereocenters. The van der Waals surface area contributed by atoms with Gasteiger partial charge in [0.25, 0.3) is 0 Å². The van der Waals surface area contributed by atoms with Crippen molar-refractivity contribution >= 4 is 19.8 Å². The van der Waals surface area contributed by atoms with Crippen LogP contribution in [0, 0.1) is 0 Å². The number of carbonyl (C=O) groups excluding carboxylic acids is 2. The number of rotatable bonds is 67. The molecule has 492 valence electrons. The van der Waals surface area contributed by atoms with Gasteiger partial charge in [0.15, 0.2) is 6.10 Å². The average Bonchev–Trinajstić information content (AvgIpc) is 3.52. The molecule has 0 aromatic rings. The maximum atomic E-state index is 12.8. The van der Waals surface area contributed by atoms with Gasteiger partial charge in [-0.2, -0.15) is 0 Å². The van der Waals surface area contributed by atoms with Crippen LogP contribution in [0.4, 0.5) is 0 Å². The van der Waals surface area contributed by atoms with Crippen molar-refractivity contribution in [3.8, 4) is 0 Å². The van der Waals surface area contributed by atoms with Crippen LogP contribution in [-0.2, 0) is 32.7 Å². The Hall–Kier alpha value is -3.07. The highest BCUT2D eigenvalue weighted by atomic mass is 31.2. The van der Waals surface area contributed by atoms with Gasteiger partial charge in [-0.1, -0.05) is 323 Å². The molecule has 0 rings (SSSR count). The van der Waals surface area contributed by atoms with Crippen molar-refractivity contribution < 1.29 is 37.6 Å². The summed E-state index contributed by atoms with van der Waals surface area (Å²) in [7, 11) is -4.40. The van der Waals surface area contributed by atoms with E-state index in [1.54, 1.807) is 0 Å². The first kappa shape index (κ1) is 81.9. The van der Waals surface area contributed by atoms with Crippen molar-refractivity contribution in [3.63, 3.8) is 0 Å². The Kier molecular flexibility index (Phi) is 67.5. The maximum Gasteiger partial charge on any atom is 0.472 e. The first-order chi connectivity index (χ1) is 41.8. The average molecular weight is 1210 g/mol. The quantitative estimate of drug-likeness (QED) is 0.0264. The maximum absolute atomic E-state index is 12.8. The third-order valence-electron chi connectivity index (χ3n) is 15.5. The highest BCUT2D eigenvalue weighted by molar-refractivity contribution is 7.47. The van der Waals surface area contributed by atoms with Gasteiger partial charge in [-0.15, -0.1) is 0 Å². The number of hydrogen-bond acceptors (Lipinski definition) is 8. The van der Waals surface area contributed by atoms with Gasteiger partial charge in [0.05, 0.1) is 13.2 Å². The van der Waals surface area contributed by atoms with Crippen LogP contribution in [-0.4, -0.2) is 49.3 Å². The van der Waals surface area contributed by atoms with E-state index < -0.39 is 26.5 Å². The highest BCUT2D eigenvalue weighted by Gasteiger charge is 2.26. The lowest BCUT2D eigenvalue weighted by molar-refractivity contribution is -0.161. The summed E-state index contributed by atoms with van der Waals surface area (Å²) in [5, 5.41) is 0. The van der Waals surface area contributed by atoms with Crippen LogP contribution in [0.25, 0.3) is 0 Å². The van der Waals surface area contributed by atoms with E-state index in [0.717, 1.165) is 83.5 Å². The van der Waals surface area contributed by atoms with Crippen LogP contribution < -0.4 is 5.73 Å². The molecule has 9 nitrogen and oxygen atoms in total. The predicted molar refractivity (Wildman–Crippen MR) is 367 cm³/mol. The van der Waals surface area contributed by atoms with Crippen molar-refractivity contribution in [2.45, 2.75) is 341 Å². The third kappa shape index (κ3) is 69.9. The van der Waals surface area contributed by atoms with Gasteiger partial charge in [-0.05, 0) is 96.3 Å². The molecule has 85 heavy (non-hydrogen) atoms. The van der Waals surface area contributed by atoms with Gasteiger partial charge >= 0.3 is 19.8 Å². The summed E-state index contributed by atoms with van der Waals surface area (Å²) in [6, 6.07) is 0. The first-order valence-electron chi connectivity index (χ1n) is 35.7. The molecule has 10 heteroatoms. The van der Waals surface area contributed by atoms with Gasteiger partial charge in [0.2, 0.25) is 0 Å². The van der Waals surface area contributed by atoms with E-state index in [0.29, 0.717) is 6.42 Å². The largest absolute Gasteiger partial charge is 0.472 e. The Morgan fingerprint density at radius 1 is 0.365 bits per heavy atom. The second-order valence-corrected chi connectivity index (χ2v) is 25.2. The SMILES string of the molecule is CC/C=C\C/C=C\C/C=C\C/C=C\C/C=C\C/C=C\CCCCCCCCCCCCCCCCC(=O)OC(COC(=O)CCCCCCCCCCCCCCCCCCCCC/C=C\C/C=C\CCCCCCC)COP(=O)(O)OCCN. The smallest absolute Gasteiger partial charge is 0.462 e. The van der Waals surface area contributed by atoms with Crippen molar-refractivity contribution in [3.05, 3.63) is 97.2 Å². The molecular formula is C75H134NO8P. The Morgan fingerprint density at radius 3 is 0.965 bits per heavy atom. The first-order valence-corrected chi connectivity index (χ1v) is 37.2. The molecule has 0 aliphatic heterocycles. The van der Waals surface area contributed by atoms with Crippen LogP contribution in [0.5, 0.6) is 0 Å². The second-order valence-electron chi connectivity index (χ2n) is 23.7. The number of phosphoric acid groups is 1. The lowest BCUT2D eigenvalue weighted by atomic mass is 10.0. The monoisotopic (exact) mass is 1210 g/mol. The van der Waals surface area contributed by atoms with Crippen molar-refractivity contribution in [1.82, 2.24) is 0 Å². The molecule has 0 saturated heterocycles. The number of hydrogen-bond donors (Lipinski definition) is 2. The molecule has 0 amide bonds. The fourth-order valence-electron chi connectivity index (χ4n) is 10.2. The molecule has 0 heterocycles. The number of phosphoric ester groups is 1. The van der Waals surface area contributed by atoms with E-state index in [2.05, 4.69) is 111 Å². The predicted octanol–water partition coefficient (Wildman–Crippen LogP) is 23.5. The molecule has 0 aromatic carbocycles. The number of ether oxygens (including phenoxy) is 2. The molecular weight excluding hydrogens is 1070 g/mol. The highest BCUT2D eigenvalue weighted by Crippen LogP contribution is 2.43. The Morgan fingerprint density at radius 2 is 0.647 bits per heavy atom. The van der Waals surface area contributed by atoms with Crippen LogP contribution >= 0.6 is 7.82 Å². The van der Waals surface area contributed by atoms with E-state index in [4.69, 9.17) is 24.3 Å². The number of nitrogens with two attached hydrogens (primary N) is 1. The summed E-state index contributed by atoms with van der Waals surface area (Å²) in [6.45, 7) is 3.66. The molecule has 2 atom stereocenters. The summed E-state index contributed by atoms with van der Waals surface area (Å²) < 4.78 is 33.2.